The lowest BCUT2D eigenvalue weighted by Gasteiger charge is -2.23. The molecule has 3 aliphatic rings. The third-order valence-electron chi connectivity index (χ3n) is 7.73. The quantitative estimate of drug-likeness (QED) is 0.565. The van der Waals surface area contributed by atoms with Crippen LogP contribution in [0.4, 0.5) is 4.79 Å². The van der Waals surface area contributed by atoms with E-state index >= 15 is 0 Å². The van der Waals surface area contributed by atoms with E-state index in [4.69, 9.17) is 9.47 Å². The molecule has 1 saturated carbocycles. The Labute approximate surface area is 204 Å². The fraction of sp³-hybridized carbons (Fsp3) is 0.444. The van der Waals surface area contributed by atoms with E-state index in [1.165, 1.54) is 11.1 Å². The number of nitrogens with one attached hydrogen (secondary N) is 1. The van der Waals surface area contributed by atoms with Gasteiger partial charge in [-0.25, -0.2) is 4.79 Å². The number of carbonyl (C=O) groups excluding carboxylic acids is 2. The number of nitrogens with zero attached hydrogens (tertiary/aromatic N) is 1. The Kier molecular flexibility index (Phi) is 6.47. The summed E-state index contributed by atoms with van der Waals surface area (Å²) < 4.78 is 10.9. The molecule has 1 aliphatic heterocycles. The van der Waals surface area contributed by atoms with Gasteiger partial charge in [-0.15, -0.1) is 0 Å². The van der Waals surface area contributed by atoms with Gasteiger partial charge in [0.05, 0.1) is 12.0 Å². The van der Waals surface area contributed by atoms with Gasteiger partial charge in [0.15, 0.2) is 0 Å². The van der Waals surface area contributed by atoms with E-state index in [0.29, 0.717) is 13.0 Å². The van der Waals surface area contributed by atoms with Crippen LogP contribution in [0.25, 0.3) is 11.1 Å². The molecule has 35 heavy (non-hydrogen) atoms. The molecular formula is C27H30N2O6. The van der Waals surface area contributed by atoms with Crippen molar-refractivity contribution in [1.29, 1.82) is 0 Å². The van der Waals surface area contributed by atoms with Crippen LogP contribution in [0.3, 0.4) is 0 Å². The fourth-order valence-corrected chi connectivity index (χ4v) is 5.95. The highest BCUT2D eigenvalue weighted by Crippen LogP contribution is 2.49. The summed E-state index contributed by atoms with van der Waals surface area (Å²) in [4.78, 5) is 38.1. The van der Waals surface area contributed by atoms with Gasteiger partial charge in [0.2, 0.25) is 5.91 Å². The summed E-state index contributed by atoms with van der Waals surface area (Å²) in [7, 11) is 0. The van der Waals surface area contributed by atoms with Crippen LogP contribution in [0.2, 0.25) is 0 Å². The molecule has 2 fully saturated rings. The molecule has 2 aromatic rings. The number of amides is 2. The normalized spacial score (nSPS) is 22.4. The number of ether oxygens (including phenoxy) is 2. The third kappa shape index (κ3) is 4.38. The zero-order valence-electron chi connectivity index (χ0n) is 19.6. The van der Waals surface area contributed by atoms with Crippen molar-refractivity contribution in [1.82, 2.24) is 10.2 Å². The van der Waals surface area contributed by atoms with Gasteiger partial charge in [0.25, 0.3) is 0 Å². The molecule has 8 nitrogen and oxygen atoms in total. The molecule has 0 spiro atoms. The summed E-state index contributed by atoms with van der Waals surface area (Å²) >= 11 is 0. The maximum absolute atomic E-state index is 12.5. The number of aliphatic carboxylic acids is 1. The van der Waals surface area contributed by atoms with E-state index in [1.807, 2.05) is 24.3 Å². The highest BCUT2D eigenvalue weighted by Gasteiger charge is 2.55. The highest BCUT2D eigenvalue weighted by molar-refractivity contribution is 5.82. The lowest BCUT2D eigenvalue weighted by Crippen LogP contribution is -2.38. The van der Waals surface area contributed by atoms with E-state index in [2.05, 4.69) is 29.6 Å². The smallest absolute Gasteiger partial charge is 0.407 e. The number of carboxylic acids is 1. The van der Waals surface area contributed by atoms with Crippen LogP contribution in [-0.4, -0.2) is 67.4 Å². The molecule has 5 rings (SSSR count). The summed E-state index contributed by atoms with van der Waals surface area (Å²) in [5.41, 5.74) is 3.86. The van der Waals surface area contributed by atoms with Gasteiger partial charge < -0.3 is 24.8 Å². The minimum absolute atomic E-state index is 0.00364. The maximum atomic E-state index is 12.5. The largest absolute Gasteiger partial charge is 0.481 e. The predicted molar refractivity (Wildman–Crippen MR) is 128 cm³/mol. The average molecular weight is 479 g/mol. The molecular weight excluding hydrogens is 448 g/mol. The van der Waals surface area contributed by atoms with E-state index in [-0.39, 0.29) is 50.7 Å². The summed E-state index contributed by atoms with van der Waals surface area (Å²) in [6, 6.07) is 16.3. The molecule has 0 aromatic heterocycles. The average Bonchev–Trinajstić information content (AvgIpc) is 3.52. The monoisotopic (exact) mass is 478 g/mol. The van der Waals surface area contributed by atoms with Crippen molar-refractivity contribution in [3.63, 3.8) is 0 Å². The Bertz CT molecular complexity index is 1090. The molecule has 2 atom stereocenters. The van der Waals surface area contributed by atoms with Gasteiger partial charge >= 0.3 is 12.1 Å². The van der Waals surface area contributed by atoms with Crippen LogP contribution < -0.4 is 5.32 Å². The van der Waals surface area contributed by atoms with Crippen molar-refractivity contribution in [3.05, 3.63) is 59.7 Å². The molecule has 2 unspecified atom stereocenters. The number of hydrogen-bond acceptors (Lipinski definition) is 5. The van der Waals surface area contributed by atoms with Crippen molar-refractivity contribution >= 4 is 18.0 Å². The second-order valence-corrected chi connectivity index (χ2v) is 9.63. The van der Waals surface area contributed by atoms with E-state index in [9.17, 15) is 19.5 Å². The molecule has 2 aromatic carbocycles. The Morgan fingerprint density at radius 1 is 1.06 bits per heavy atom. The second kappa shape index (κ2) is 9.70. The van der Waals surface area contributed by atoms with Crippen molar-refractivity contribution in [2.24, 2.45) is 11.3 Å². The molecule has 2 amide bonds. The Morgan fingerprint density at radius 2 is 1.74 bits per heavy atom. The minimum atomic E-state index is -0.802. The predicted octanol–water partition coefficient (Wildman–Crippen LogP) is 3.26. The minimum Gasteiger partial charge on any atom is -0.481 e. The van der Waals surface area contributed by atoms with E-state index < -0.39 is 17.5 Å². The van der Waals surface area contributed by atoms with Gasteiger partial charge in [-0.05, 0) is 41.0 Å². The summed E-state index contributed by atoms with van der Waals surface area (Å²) in [5.74, 6) is -0.986. The number of fused-ring (bicyclic) bond motifs is 4. The van der Waals surface area contributed by atoms with Gasteiger partial charge in [0.1, 0.15) is 13.2 Å². The first-order valence-electron chi connectivity index (χ1n) is 12.2. The maximum Gasteiger partial charge on any atom is 0.407 e. The first-order valence-corrected chi connectivity index (χ1v) is 12.2. The molecule has 2 aliphatic carbocycles. The van der Waals surface area contributed by atoms with E-state index in [0.717, 1.165) is 24.0 Å². The van der Waals surface area contributed by atoms with Gasteiger partial charge in [-0.1, -0.05) is 55.0 Å². The lowest BCUT2D eigenvalue weighted by atomic mass is 9.81. The van der Waals surface area contributed by atoms with Crippen LogP contribution >= 0.6 is 0 Å². The number of carboxylic acid groups (broad SMARTS) is 1. The van der Waals surface area contributed by atoms with E-state index in [1.54, 1.807) is 4.90 Å². The van der Waals surface area contributed by atoms with Crippen LogP contribution in [0.15, 0.2) is 48.5 Å². The first kappa shape index (κ1) is 23.4. The van der Waals surface area contributed by atoms with Crippen molar-refractivity contribution in [3.8, 4) is 11.1 Å². The van der Waals surface area contributed by atoms with Crippen LogP contribution in [0.5, 0.6) is 0 Å². The van der Waals surface area contributed by atoms with Crippen molar-refractivity contribution in [2.45, 2.75) is 25.2 Å². The Morgan fingerprint density at radius 3 is 2.40 bits per heavy atom. The summed E-state index contributed by atoms with van der Waals surface area (Å²) in [5, 5.41) is 12.3. The number of alkyl carbamates (subject to hydrolysis) is 1. The number of benzene rings is 2. The van der Waals surface area contributed by atoms with Gasteiger partial charge in [-0.3, -0.25) is 9.59 Å². The van der Waals surface area contributed by atoms with Crippen LogP contribution in [0, 0.1) is 11.3 Å². The zero-order chi connectivity index (χ0) is 24.4. The number of hydrogen-bond donors (Lipinski definition) is 2. The number of likely N-dealkylation sites (tertiary alicyclic amines) is 1. The van der Waals surface area contributed by atoms with Gasteiger partial charge in [0, 0.05) is 25.6 Å². The Balaban J connectivity index is 1.03. The van der Waals surface area contributed by atoms with Gasteiger partial charge in [-0.2, -0.15) is 0 Å². The van der Waals surface area contributed by atoms with Crippen LogP contribution in [-0.2, 0) is 19.1 Å². The summed E-state index contributed by atoms with van der Waals surface area (Å²) in [6.45, 7) is 1.22. The SMILES string of the molecule is O=C(NCCOCC(=O)N1CC2CCCC2(C(=O)O)C1)OCC1c2ccccc2-c2ccccc21. The summed E-state index contributed by atoms with van der Waals surface area (Å²) in [6.07, 6.45) is 1.84. The standard InChI is InChI=1S/C27H30N2O6/c30-24(29-14-18-6-5-11-27(18,17-29)25(31)32)16-34-13-12-28-26(33)35-15-23-21-9-3-1-7-19(21)20-8-2-4-10-22(20)23/h1-4,7-10,18,23H,5-6,11-17H2,(H,28,33)(H,31,32). The molecule has 1 saturated heterocycles. The highest BCUT2D eigenvalue weighted by atomic mass is 16.5. The zero-order valence-corrected chi connectivity index (χ0v) is 19.6. The molecule has 184 valence electrons. The molecule has 1 heterocycles. The van der Waals surface area contributed by atoms with Crippen molar-refractivity contribution < 1.29 is 29.0 Å². The molecule has 0 bridgehead atoms. The second-order valence-electron chi connectivity index (χ2n) is 9.63. The fourth-order valence-electron chi connectivity index (χ4n) is 5.95. The number of rotatable bonds is 8. The Hall–Kier alpha value is -3.39. The van der Waals surface area contributed by atoms with Crippen LogP contribution in [0.1, 0.15) is 36.3 Å². The molecule has 0 radical (unpaired) electrons. The molecule has 2 N–H and O–H groups in total. The first-order chi connectivity index (χ1) is 17.0. The topological polar surface area (TPSA) is 105 Å². The number of carbonyl (C=O) groups is 3. The lowest BCUT2D eigenvalue weighted by molar-refractivity contribution is -0.149. The molecule has 8 heteroatoms. The van der Waals surface area contributed by atoms with Crippen molar-refractivity contribution in [2.75, 3.05) is 39.5 Å². The third-order valence-corrected chi connectivity index (χ3v) is 7.73.